The van der Waals surface area contributed by atoms with Crippen molar-refractivity contribution in [2.75, 3.05) is 18.4 Å². The third-order valence-corrected chi connectivity index (χ3v) is 5.89. The van der Waals surface area contributed by atoms with Gasteiger partial charge in [0.25, 0.3) is 5.91 Å². The number of aromatic nitrogens is 2. The largest absolute Gasteiger partial charge is 0.328 e. The molecule has 2 aromatic carbocycles. The van der Waals surface area contributed by atoms with Crippen LogP contribution in [-0.2, 0) is 10.2 Å². The molecular weight excluding hydrogens is 408 g/mol. The van der Waals surface area contributed by atoms with Gasteiger partial charge in [-0.25, -0.2) is 4.98 Å². The molecule has 2 aliphatic rings. The molecule has 0 atom stereocenters. The number of fused-ring (bicyclic) bond motifs is 3. The zero-order valence-electron chi connectivity index (χ0n) is 14.5. The number of nitrogens with zero attached hydrogens (tertiary/aromatic N) is 2. The fourth-order valence-corrected chi connectivity index (χ4v) is 4.26. The second-order valence-electron chi connectivity index (χ2n) is 7.28. The van der Waals surface area contributed by atoms with Crippen LogP contribution in [-0.4, -0.2) is 39.8 Å². The van der Waals surface area contributed by atoms with E-state index in [1.54, 1.807) is 4.90 Å². The summed E-state index contributed by atoms with van der Waals surface area (Å²) in [4.78, 5) is 34.5. The molecule has 0 saturated heterocycles. The van der Waals surface area contributed by atoms with Gasteiger partial charge in [0.1, 0.15) is 6.54 Å². The van der Waals surface area contributed by atoms with Gasteiger partial charge in [0.15, 0.2) is 0 Å². The number of aromatic amines is 1. The van der Waals surface area contributed by atoms with Gasteiger partial charge in [-0.05, 0) is 48.7 Å². The van der Waals surface area contributed by atoms with Crippen LogP contribution >= 0.6 is 15.9 Å². The Morgan fingerprint density at radius 3 is 2.85 bits per heavy atom. The summed E-state index contributed by atoms with van der Waals surface area (Å²) >= 11 is 3.50. The van der Waals surface area contributed by atoms with Crippen molar-refractivity contribution in [1.29, 1.82) is 0 Å². The summed E-state index contributed by atoms with van der Waals surface area (Å²) in [5.74, 6) is 0.0599. The lowest BCUT2D eigenvalue weighted by Crippen LogP contribution is -2.46. The first kappa shape index (κ1) is 16.5. The summed E-state index contributed by atoms with van der Waals surface area (Å²) in [7, 11) is 0. The zero-order chi connectivity index (χ0) is 18.6. The molecule has 0 radical (unpaired) electrons. The first-order valence-electron chi connectivity index (χ1n) is 8.88. The van der Waals surface area contributed by atoms with E-state index in [0.29, 0.717) is 18.1 Å². The molecule has 0 unspecified atom stereocenters. The van der Waals surface area contributed by atoms with Crippen LogP contribution in [0.5, 0.6) is 0 Å². The maximum absolute atomic E-state index is 12.9. The number of imidazole rings is 1. The Morgan fingerprint density at radius 2 is 2.07 bits per heavy atom. The van der Waals surface area contributed by atoms with Crippen molar-refractivity contribution in [3.05, 3.63) is 58.1 Å². The van der Waals surface area contributed by atoms with Crippen molar-refractivity contribution >= 4 is 44.7 Å². The van der Waals surface area contributed by atoms with Crippen molar-refractivity contribution < 1.29 is 9.59 Å². The minimum atomic E-state index is -0.251. The fourth-order valence-electron chi connectivity index (χ4n) is 3.90. The van der Waals surface area contributed by atoms with Crippen molar-refractivity contribution in [2.45, 2.75) is 18.3 Å². The molecule has 2 N–H and O–H groups in total. The van der Waals surface area contributed by atoms with Gasteiger partial charge in [0.2, 0.25) is 11.9 Å². The molecule has 1 spiro atoms. The predicted molar refractivity (Wildman–Crippen MR) is 106 cm³/mol. The van der Waals surface area contributed by atoms with Crippen LogP contribution in [0.3, 0.4) is 0 Å². The highest BCUT2D eigenvalue weighted by Gasteiger charge is 2.51. The number of benzene rings is 2. The van der Waals surface area contributed by atoms with Crippen LogP contribution in [0.25, 0.3) is 11.0 Å². The minimum absolute atomic E-state index is 0.00661. The highest BCUT2D eigenvalue weighted by atomic mass is 79.9. The highest BCUT2D eigenvalue weighted by molar-refractivity contribution is 9.10. The Bertz CT molecular complexity index is 1050. The standard InChI is InChI=1S/C20H17BrN4O2/c21-12-5-6-13-14(9-12)20(7-8-20)11-25(18(13)27)10-17(26)24-19-22-15-3-1-2-4-16(15)23-19/h1-6,9H,7-8,10-11H2,(H2,22,23,24,26). The maximum atomic E-state index is 12.9. The average molecular weight is 425 g/mol. The van der Waals surface area contributed by atoms with Crippen LogP contribution in [0, 0.1) is 0 Å². The van der Waals surface area contributed by atoms with Gasteiger partial charge in [-0.15, -0.1) is 0 Å². The van der Waals surface area contributed by atoms with E-state index in [-0.39, 0.29) is 23.8 Å². The molecule has 1 saturated carbocycles. The number of H-pyrrole nitrogens is 1. The topological polar surface area (TPSA) is 78.1 Å². The SMILES string of the molecule is O=C(CN1CC2(CC2)c2cc(Br)ccc2C1=O)Nc1nc2ccccc2[nH]1. The third-order valence-electron chi connectivity index (χ3n) is 5.40. The first-order chi connectivity index (χ1) is 13.0. The van der Waals surface area contributed by atoms with Crippen LogP contribution in [0.4, 0.5) is 5.95 Å². The molecule has 6 nitrogen and oxygen atoms in total. The molecule has 27 heavy (non-hydrogen) atoms. The summed E-state index contributed by atoms with van der Waals surface area (Å²) in [6.45, 7) is 0.607. The average Bonchev–Trinajstić information content (AvgIpc) is 3.30. The fraction of sp³-hybridized carbons (Fsp3) is 0.250. The molecule has 2 amide bonds. The summed E-state index contributed by atoms with van der Waals surface area (Å²) in [5, 5.41) is 2.77. The molecule has 2 heterocycles. The number of anilines is 1. The third kappa shape index (κ3) is 2.82. The zero-order valence-corrected chi connectivity index (χ0v) is 16.0. The number of carbonyl (C=O) groups excluding carboxylic acids is 2. The van der Waals surface area contributed by atoms with Crippen molar-refractivity contribution in [3.8, 4) is 0 Å². The highest BCUT2D eigenvalue weighted by Crippen LogP contribution is 2.52. The van der Waals surface area contributed by atoms with E-state index in [9.17, 15) is 9.59 Å². The van der Waals surface area contributed by atoms with E-state index < -0.39 is 0 Å². The number of hydrogen-bond donors (Lipinski definition) is 2. The Balaban J connectivity index is 1.35. The summed E-state index contributed by atoms with van der Waals surface area (Å²) < 4.78 is 0.983. The number of halogens is 1. The van der Waals surface area contributed by atoms with Crippen molar-refractivity contribution in [1.82, 2.24) is 14.9 Å². The van der Waals surface area contributed by atoms with Gasteiger partial charge < -0.3 is 9.88 Å². The van der Waals surface area contributed by atoms with Crippen LogP contribution < -0.4 is 5.32 Å². The van der Waals surface area contributed by atoms with Crippen LogP contribution in [0.1, 0.15) is 28.8 Å². The van der Waals surface area contributed by atoms with Gasteiger partial charge in [0, 0.05) is 22.0 Å². The molecule has 0 bridgehead atoms. The van der Waals surface area contributed by atoms with E-state index in [1.165, 1.54) is 0 Å². The van der Waals surface area contributed by atoms with E-state index in [4.69, 9.17) is 0 Å². The van der Waals surface area contributed by atoms with E-state index in [0.717, 1.165) is 33.9 Å². The molecular formula is C20H17BrN4O2. The molecule has 3 aromatic rings. The minimum Gasteiger partial charge on any atom is -0.328 e. The summed E-state index contributed by atoms with van der Waals surface area (Å²) in [5.41, 5.74) is 3.47. The smallest absolute Gasteiger partial charge is 0.254 e. The Kier molecular flexibility index (Phi) is 3.62. The summed E-state index contributed by atoms with van der Waals surface area (Å²) in [6.07, 6.45) is 2.09. The molecule has 1 fully saturated rings. The lowest BCUT2D eigenvalue weighted by atomic mass is 9.86. The summed E-state index contributed by atoms with van der Waals surface area (Å²) in [6, 6.07) is 13.4. The van der Waals surface area contributed by atoms with Gasteiger partial charge in [-0.3, -0.25) is 14.9 Å². The Labute approximate surface area is 164 Å². The second kappa shape index (κ2) is 5.92. The molecule has 1 aromatic heterocycles. The lowest BCUT2D eigenvalue weighted by molar-refractivity contribution is -0.117. The number of amides is 2. The molecule has 7 heteroatoms. The molecule has 136 valence electrons. The van der Waals surface area contributed by atoms with Gasteiger partial charge in [-0.2, -0.15) is 0 Å². The normalized spacial score (nSPS) is 17.2. The monoisotopic (exact) mass is 424 g/mol. The predicted octanol–water partition coefficient (Wildman–Crippen LogP) is 3.45. The number of para-hydroxylation sites is 2. The van der Waals surface area contributed by atoms with Gasteiger partial charge in [-0.1, -0.05) is 28.1 Å². The Hall–Kier alpha value is -2.67. The molecule has 1 aliphatic carbocycles. The van der Waals surface area contributed by atoms with E-state index in [1.807, 2.05) is 42.5 Å². The number of carbonyl (C=O) groups is 2. The number of rotatable bonds is 3. The van der Waals surface area contributed by atoms with Gasteiger partial charge in [0.05, 0.1) is 11.0 Å². The van der Waals surface area contributed by atoms with E-state index >= 15 is 0 Å². The molecule has 5 rings (SSSR count). The van der Waals surface area contributed by atoms with Crippen molar-refractivity contribution in [3.63, 3.8) is 0 Å². The first-order valence-corrected chi connectivity index (χ1v) is 9.67. The quantitative estimate of drug-likeness (QED) is 0.675. The van der Waals surface area contributed by atoms with Gasteiger partial charge >= 0.3 is 0 Å². The second-order valence-corrected chi connectivity index (χ2v) is 8.20. The van der Waals surface area contributed by atoms with E-state index in [2.05, 4.69) is 31.2 Å². The maximum Gasteiger partial charge on any atom is 0.254 e. The number of nitrogens with one attached hydrogen (secondary N) is 2. The van der Waals surface area contributed by atoms with Crippen molar-refractivity contribution in [2.24, 2.45) is 0 Å². The Morgan fingerprint density at radius 1 is 1.26 bits per heavy atom. The lowest BCUT2D eigenvalue weighted by Gasteiger charge is -2.34. The number of hydrogen-bond acceptors (Lipinski definition) is 3. The molecule has 1 aliphatic heterocycles. The van der Waals surface area contributed by atoms with Crippen LogP contribution in [0.2, 0.25) is 0 Å². The van der Waals surface area contributed by atoms with Crippen LogP contribution in [0.15, 0.2) is 46.9 Å².